The van der Waals surface area contributed by atoms with Crippen LogP contribution >= 0.6 is 0 Å². The zero-order chi connectivity index (χ0) is 14.3. The fraction of sp³-hybridized carbons (Fsp3) is 0.154. The van der Waals surface area contributed by atoms with Gasteiger partial charge in [0.05, 0.1) is 0 Å². The van der Waals surface area contributed by atoms with Crippen molar-refractivity contribution in [1.29, 1.82) is 5.26 Å². The minimum absolute atomic E-state index is 0.172. The van der Waals surface area contributed by atoms with E-state index in [1.54, 1.807) is 13.0 Å². The fourth-order valence-electron chi connectivity index (χ4n) is 1.40. The number of carbonyl (C=O) groups excluding carboxylic acids is 2. The summed E-state index contributed by atoms with van der Waals surface area (Å²) >= 11 is 0. The molecule has 0 saturated heterocycles. The molecule has 0 unspecified atom stereocenters. The van der Waals surface area contributed by atoms with E-state index < -0.39 is 11.9 Å². The Morgan fingerprint density at radius 1 is 1.32 bits per heavy atom. The number of urea groups is 1. The quantitative estimate of drug-likeness (QED) is 0.547. The molecule has 6 heteroatoms. The van der Waals surface area contributed by atoms with Gasteiger partial charge in [-0.25, -0.2) is 4.79 Å². The third-order valence-electron chi connectivity index (χ3n) is 2.35. The molecule has 1 rings (SSSR count). The van der Waals surface area contributed by atoms with Crippen molar-refractivity contribution < 1.29 is 9.59 Å². The van der Waals surface area contributed by atoms with Gasteiger partial charge in [0, 0.05) is 12.2 Å². The van der Waals surface area contributed by atoms with Gasteiger partial charge in [0.1, 0.15) is 11.6 Å². The van der Waals surface area contributed by atoms with Gasteiger partial charge in [0.2, 0.25) is 0 Å². The van der Waals surface area contributed by atoms with Crippen molar-refractivity contribution in [2.24, 2.45) is 5.73 Å². The monoisotopic (exact) mass is 258 g/mol. The van der Waals surface area contributed by atoms with Crippen molar-refractivity contribution in [3.63, 3.8) is 0 Å². The standard InChI is InChI=1S/C13H14N4O2/c1-9(11(7-14)12(18)17-13(15)19)16-8-10-5-3-2-4-6-10/h2-6,16H,8H2,1H3,(H3,15,17,18,19)/b11-9+. The van der Waals surface area contributed by atoms with E-state index in [1.807, 2.05) is 35.6 Å². The number of nitrogens with zero attached hydrogens (tertiary/aromatic N) is 1. The average Bonchev–Trinajstić information content (AvgIpc) is 2.37. The highest BCUT2D eigenvalue weighted by molar-refractivity contribution is 6.06. The maximum absolute atomic E-state index is 11.5. The molecule has 1 aromatic carbocycles. The SMILES string of the molecule is C/C(NCc1ccccc1)=C(/C#N)C(=O)NC(N)=O. The van der Waals surface area contributed by atoms with Gasteiger partial charge in [0.15, 0.2) is 0 Å². The van der Waals surface area contributed by atoms with Gasteiger partial charge in [-0.15, -0.1) is 0 Å². The number of carbonyl (C=O) groups is 2. The van der Waals surface area contributed by atoms with Gasteiger partial charge < -0.3 is 11.1 Å². The molecule has 4 N–H and O–H groups in total. The second kappa shape index (κ2) is 6.81. The van der Waals surface area contributed by atoms with E-state index in [2.05, 4.69) is 5.32 Å². The van der Waals surface area contributed by atoms with Crippen LogP contribution in [-0.2, 0) is 11.3 Å². The first-order valence-electron chi connectivity index (χ1n) is 5.54. The van der Waals surface area contributed by atoms with Gasteiger partial charge in [-0.2, -0.15) is 5.26 Å². The Balaban J connectivity index is 2.74. The number of primary amides is 1. The summed E-state index contributed by atoms with van der Waals surface area (Å²) in [7, 11) is 0. The molecule has 0 aliphatic rings. The first kappa shape index (κ1) is 14.3. The molecule has 0 atom stereocenters. The van der Waals surface area contributed by atoms with Crippen molar-refractivity contribution in [3.8, 4) is 6.07 Å². The molecular formula is C13H14N4O2. The number of nitriles is 1. The summed E-state index contributed by atoms with van der Waals surface area (Å²) in [6, 6.07) is 10.2. The lowest BCUT2D eigenvalue weighted by molar-refractivity contribution is -0.116. The number of hydrogen-bond donors (Lipinski definition) is 3. The summed E-state index contributed by atoms with van der Waals surface area (Å²) in [4.78, 5) is 22.1. The summed E-state index contributed by atoms with van der Waals surface area (Å²) in [5.74, 6) is -0.812. The first-order valence-corrected chi connectivity index (χ1v) is 5.54. The third-order valence-corrected chi connectivity index (χ3v) is 2.35. The summed E-state index contributed by atoms with van der Waals surface area (Å²) in [6.07, 6.45) is 0. The Bertz CT molecular complexity index is 544. The molecule has 0 radical (unpaired) electrons. The Morgan fingerprint density at radius 2 is 1.95 bits per heavy atom. The normalized spacial score (nSPS) is 10.9. The van der Waals surface area contributed by atoms with Crippen molar-refractivity contribution >= 4 is 11.9 Å². The lowest BCUT2D eigenvalue weighted by Crippen LogP contribution is -2.36. The number of amides is 3. The lowest BCUT2D eigenvalue weighted by atomic mass is 10.2. The zero-order valence-corrected chi connectivity index (χ0v) is 10.4. The van der Waals surface area contributed by atoms with Crippen molar-refractivity contribution in [1.82, 2.24) is 10.6 Å². The van der Waals surface area contributed by atoms with Crippen LogP contribution < -0.4 is 16.4 Å². The number of benzene rings is 1. The van der Waals surface area contributed by atoms with E-state index in [0.29, 0.717) is 12.2 Å². The lowest BCUT2D eigenvalue weighted by Gasteiger charge is -2.08. The zero-order valence-electron chi connectivity index (χ0n) is 10.4. The predicted molar refractivity (Wildman–Crippen MR) is 69.3 cm³/mol. The summed E-state index contributed by atoms with van der Waals surface area (Å²) in [6.45, 7) is 2.06. The maximum atomic E-state index is 11.5. The molecule has 0 aromatic heterocycles. The molecule has 3 amide bonds. The number of nitrogens with two attached hydrogens (primary N) is 1. The molecule has 1 aromatic rings. The van der Waals surface area contributed by atoms with Crippen molar-refractivity contribution in [2.75, 3.05) is 0 Å². The van der Waals surface area contributed by atoms with E-state index in [4.69, 9.17) is 11.0 Å². The fourth-order valence-corrected chi connectivity index (χ4v) is 1.40. The molecule has 0 spiro atoms. The minimum atomic E-state index is -0.992. The van der Waals surface area contributed by atoms with Gasteiger partial charge in [-0.3, -0.25) is 10.1 Å². The van der Waals surface area contributed by atoms with Crippen LogP contribution in [0.25, 0.3) is 0 Å². The Hall–Kier alpha value is -2.81. The van der Waals surface area contributed by atoms with Crippen molar-refractivity contribution in [2.45, 2.75) is 13.5 Å². The number of imide groups is 1. The summed E-state index contributed by atoms with van der Waals surface area (Å²) in [5, 5.41) is 13.7. The molecule has 0 fully saturated rings. The number of nitrogens with one attached hydrogen (secondary N) is 2. The third kappa shape index (κ3) is 4.52. The van der Waals surface area contributed by atoms with Crippen LogP contribution in [0.2, 0.25) is 0 Å². The van der Waals surface area contributed by atoms with Crippen LogP contribution in [0.4, 0.5) is 4.79 Å². The highest BCUT2D eigenvalue weighted by atomic mass is 16.2. The highest BCUT2D eigenvalue weighted by Crippen LogP contribution is 2.03. The molecule has 19 heavy (non-hydrogen) atoms. The van der Waals surface area contributed by atoms with Gasteiger partial charge in [-0.05, 0) is 12.5 Å². The number of allylic oxidation sites excluding steroid dienone is 1. The average molecular weight is 258 g/mol. The van der Waals surface area contributed by atoms with Gasteiger partial charge >= 0.3 is 6.03 Å². The summed E-state index contributed by atoms with van der Waals surface area (Å²) in [5.41, 5.74) is 6.04. The number of rotatable bonds is 4. The van der Waals surface area contributed by atoms with Crippen LogP contribution in [0.5, 0.6) is 0 Å². The topological polar surface area (TPSA) is 108 Å². The van der Waals surface area contributed by atoms with Crippen LogP contribution in [0, 0.1) is 11.3 Å². The molecule has 0 saturated carbocycles. The van der Waals surface area contributed by atoms with Crippen LogP contribution in [0.1, 0.15) is 12.5 Å². The second-order valence-electron chi connectivity index (χ2n) is 3.77. The van der Waals surface area contributed by atoms with E-state index in [0.717, 1.165) is 5.56 Å². The molecule has 0 aliphatic carbocycles. The Labute approximate surface area is 110 Å². The van der Waals surface area contributed by atoms with Crippen molar-refractivity contribution in [3.05, 3.63) is 47.2 Å². The van der Waals surface area contributed by atoms with E-state index >= 15 is 0 Å². The largest absolute Gasteiger partial charge is 0.383 e. The summed E-state index contributed by atoms with van der Waals surface area (Å²) < 4.78 is 0. The van der Waals surface area contributed by atoms with E-state index in [1.165, 1.54) is 0 Å². The van der Waals surface area contributed by atoms with Gasteiger partial charge in [0.25, 0.3) is 5.91 Å². The van der Waals surface area contributed by atoms with Crippen LogP contribution in [0.15, 0.2) is 41.6 Å². The first-order chi connectivity index (χ1) is 9.04. The Kier molecular flexibility index (Phi) is 5.11. The van der Waals surface area contributed by atoms with E-state index in [9.17, 15) is 9.59 Å². The van der Waals surface area contributed by atoms with Crippen LogP contribution in [-0.4, -0.2) is 11.9 Å². The minimum Gasteiger partial charge on any atom is -0.383 e. The molecular weight excluding hydrogens is 244 g/mol. The molecule has 0 heterocycles. The highest BCUT2D eigenvalue weighted by Gasteiger charge is 2.14. The number of hydrogen-bond acceptors (Lipinski definition) is 4. The smallest absolute Gasteiger partial charge is 0.319 e. The second-order valence-corrected chi connectivity index (χ2v) is 3.77. The van der Waals surface area contributed by atoms with E-state index in [-0.39, 0.29) is 5.57 Å². The van der Waals surface area contributed by atoms with Gasteiger partial charge in [-0.1, -0.05) is 30.3 Å². The maximum Gasteiger partial charge on any atom is 0.319 e. The molecule has 0 aliphatic heterocycles. The Morgan fingerprint density at radius 3 is 2.47 bits per heavy atom. The molecule has 6 nitrogen and oxygen atoms in total. The van der Waals surface area contributed by atoms with Crippen LogP contribution in [0.3, 0.4) is 0 Å². The molecule has 98 valence electrons. The predicted octanol–water partition coefficient (Wildman–Crippen LogP) is 0.769. The molecule has 0 bridgehead atoms.